The van der Waals surface area contributed by atoms with E-state index in [0.717, 1.165) is 32.4 Å². The van der Waals surface area contributed by atoms with Gasteiger partial charge in [-0.25, -0.2) is 0 Å². The van der Waals surface area contributed by atoms with E-state index in [2.05, 4.69) is 0 Å². The van der Waals surface area contributed by atoms with Gasteiger partial charge in [0.05, 0.1) is 6.54 Å². The van der Waals surface area contributed by atoms with Crippen molar-refractivity contribution in [2.24, 2.45) is 5.73 Å². The second-order valence-corrected chi connectivity index (χ2v) is 4.65. The summed E-state index contributed by atoms with van der Waals surface area (Å²) in [5.41, 5.74) is 5.40. The SMILES string of the molecule is NCCCCC(=O)N1CCCN(CC(=O)O)CC1. The Balaban J connectivity index is 2.32. The van der Waals surface area contributed by atoms with E-state index in [9.17, 15) is 9.59 Å². The molecule has 3 N–H and O–H groups in total. The number of carbonyl (C=O) groups excluding carboxylic acids is 1. The number of carboxylic acid groups (broad SMARTS) is 1. The lowest BCUT2D eigenvalue weighted by Gasteiger charge is -2.21. The lowest BCUT2D eigenvalue weighted by atomic mass is 10.2. The van der Waals surface area contributed by atoms with Gasteiger partial charge in [-0.1, -0.05) is 0 Å². The molecular weight excluding hydrogens is 234 g/mol. The Kier molecular flexibility index (Phi) is 6.67. The third-order valence-corrected chi connectivity index (χ3v) is 3.14. The van der Waals surface area contributed by atoms with E-state index in [-0.39, 0.29) is 12.5 Å². The van der Waals surface area contributed by atoms with Gasteiger partial charge in [-0.2, -0.15) is 0 Å². The summed E-state index contributed by atoms with van der Waals surface area (Å²) in [6.45, 7) is 3.45. The van der Waals surface area contributed by atoms with Gasteiger partial charge in [0.2, 0.25) is 5.91 Å². The van der Waals surface area contributed by atoms with E-state index in [0.29, 0.717) is 26.1 Å². The van der Waals surface area contributed by atoms with Crippen molar-refractivity contribution in [2.45, 2.75) is 25.7 Å². The minimum absolute atomic E-state index is 0.0647. The van der Waals surface area contributed by atoms with Crippen LogP contribution in [0.1, 0.15) is 25.7 Å². The maximum Gasteiger partial charge on any atom is 0.317 e. The molecular formula is C12H23N3O3. The molecule has 0 aromatic rings. The third-order valence-electron chi connectivity index (χ3n) is 3.14. The Bertz CT molecular complexity index is 284. The number of rotatable bonds is 6. The zero-order chi connectivity index (χ0) is 13.4. The van der Waals surface area contributed by atoms with Crippen molar-refractivity contribution in [3.8, 4) is 0 Å². The molecule has 0 aromatic heterocycles. The molecule has 1 heterocycles. The van der Waals surface area contributed by atoms with E-state index < -0.39 is 5.97 Å². The molecule has 6 nitrogen and oxygen atoms in total. The first-order valence-electron chi connectivity index (χ1n) is 6.55. The molecule has 1 fully saturated rings. The minimum Gasteiger partial charge on any atom is -0.480 e. The van der Waals surface area contributed by atoms with Gasteiger partial charge in [0.25, 0.3) is 0 Å². The number of carboxylic acids is 1. The molecule has 0 aromatic carbocycles. The molecule has 18 heavy (non-hydrogen) atoms. The number of amides is 1. The third kappa shape index (κ3) is 5.46. The average Bonchev–Trinajstić information content (AvgIpc) is 2.54. The highest BCUT2D eigenvalue weighted by Crippen LogP contribution is 2.06. The summed E-state index contributed by atoms with van der Waals surface area (Å²) in [5, 5.41) is 8.74. The molecule has 0 unspecified atom stereocenters. The van der Waals surface area contributed by atoms with Gasteiger partial charge in [0.1, 0.15) is 0 Å². The van der Waals surface area contributed by atoms with Crippen molar-refractivity contribution in [1.29, 1.82) is 0 Å². The monoisotopic (exact) mass is 257 g/mol. The number of hydrogen-bond acceptors (Lipinski definition) is 4. The molecule has 1 rings (SSSR count). The van der Waals surface area contributed by atoms with Crippen LogP contribution in [-0.4, -0.2) is 66.1 Å². The first-order valence-corrected chi connectivity index (χ1v) is 6.55. The molecule has 1 aliphatic heterocycles. The minimum atomic E-state index is -0.808. The molecule has 0 atom stereocenters. The van der Waals surface area contributed by atoms with E-state index in [1.165, 1.54) is 0 Å². The fourth-order valence-electron chi connectivity index (χ4n) is 2.15. The Morgan fingerprint density at radius 3 is 2.56 bits per heavy atom. The second-order valence-electron chi connectivity index (χ2n) is 4.65. The summed E-state index contributed by atoms with van der Waals surface area (Å²) in [6, 6.07) is 0. The number of carbonyl (C=O) groups is 2. The number of nitrogens with zero attached hydrogens (tertiary/aromatic N) is 2. The topological polar surface area (TPSA) is 86.9 Å². The van der Waals surface area contributed by atoms with Gasteiger partial charge < -0.3 is 15.7 Å². The molecule has 104 valence electrons. The van der Waals surface area contributed by atoms with E-state index in [4.69, 9.17) is 10.8 Å². The van der Waals surface area contributed by atoms with Crippen LogP contribution in [0, 0.1) is 0 Å². The average molecular weight is 257 g/mol. The maximum absolute atomic E-state index is 11.9. The van der Waals surface area contributed by atoms with Crippen LogP contribution >= 0.6 is 0 Å². The standard InChI is InChI=1S/C12H23N3O3/c13-5-2-1-4-11(16)15-7-3-6-14(8-9-15)10-12(17)18/h1-10,13H2,(H,17,18). The van der Waals surface area contributed by atoms with E-state index in [1.807, 2.05) is 9.80 Å². The van der Waals surface area contributed by atoms with Crippen LogP contribution in [0.2, 0.25) is 0 Å². The van der Waals surface area contributed by atoms with Gasteiger partial charge in [0, 0.05) is 32.6 Å². The second kappa shape index (κ2) is 8.05. The molecule has 0 bridgehead atoms. The number of aliphatic carboxylic acids is 1. The number of unbranched alkanes of at least 4 members (excludes halogenated alkanes) is 1. The Hall–Kier alpha value is -1.14. The predicted octanol–water partition coefficient (Wildman–Crippen LogP) is -0.266. The van der Waals surface area contributed by atoms with Crippen molar-refractivity contribution >= 4 is 11.9 Å². The zero-order valence-corrected chi connectivity index (χ0v) is 10.8. The largest absolute Gasteiger partial charge is 0.480 e. The Labute approximate surface area is 108 Å². The summed E-state index contributed by atoms with van der Waals surface area (Å²) in [6.07, 6.45) is 3.11. The van der Waals surface area contributed by atoms with Crippen molar-refractivity contribution < 1.29 is 14.7 Å². The van der Waals surface area contributed by atoms with Gasteiger partial charge in [-0.05, 0) is 25.8 Å². The Morgan fingerprint density at radius 2 is 1.89 bits per heavy atom. The number of nitrogens with two attached hydrogens (primary N) is 1. The number of hydrogen-bond donors (Lipinski definition) is 2. The van der Waals surface area contributed by atoms with E-state index >= 15 is 0 Å². The summed E-state index contributed by atoms with van der Waals surface area (Å²) < 4.78 is 0. The van der Waals surface area contributed by atoms with Crippen molar-refractivity contribution in [3.05, 3.63) is 0 Å². The molecule has 0 aliphatic carbocycles. The van der Waals surface area contributed by atoms with Crippen molar-refractivity contribution in [1.82, 2.24) is 9.80 Å². The molecule has 1 amide bonds. The van der Waals surface area contributed by atoms with Gasteiger partial charge in [-0.15, -0.1) is 0 Å². The molecule has 1 saturated heterocycles. The van der Waals surface area contributed by atoms with Crippen LogP contribution in [0.4, 0.5) is 0 Å². The summed E-state index contributed by atoms with van der Waals surface area (Å²) in [4.78, 5) is 26.3. The highest BCUT2D eigenvalue weighted by Gasteiger charge is 2.19. The first kappa shape index (κ1) is 14.9. The fourth-order valence-corrected chi connectivity index (χ4v) is 2.15. The van der Waals surface area contributed by atoms with Crippen molar-refractivity contribution in [2.75, 3.05) is 39.3 Å². The highest BCUT2D eigenvalue weighted by molar-refractivity contribution is 5.76. The summed E-state index contributed by atoms with van der Waals surface area (Å²) in [7, 11) is 0. The fraction of sp³-hybridized carbons (Fsp3) is 0.833. The summed E-state index contributed by atoms with van der Waals surface area (Å²) >= 11 is 0. The normalized spacial score (nSPS) is 17.5. The van der Waals surface area contributed by atoms with Gasteiger partial charge in [-0.3, -0.25) is 14.5 Å². The molecule has 0 saturated carbocycles. The quantitative estimate of drug-likeness (QED) is 0.640. The van der Waals surface area contributed by atoms with Crippen LogP contribution in [-0.2, 0) is 9.59 Å². The predicted molar refractivity (Wildman–Crippen MR) is 68.2 cm³/mol. The Morgan fingerprint density at radius 1 is 1.11 bits per heavy atom. The lowest BCUT2D eigenvalue weighted by molar-refractivity contribution is -0.138. The smallest absolute Gasteiger partial charge is 0.317 e. The van der Waals surface area contributed by atoms with Crippen LogP contribution in [0.5, 0.6) is 0 Å². The van der Waals surface area contributed by atoms with Crippen LogP contribution < -0.4 is 5.73 Å². The lowest BCUT2D eigenvalue weighted by Crippen LogP contribution is -2.36. The van der Waals surface area contributed by atoms with E-state index in [1.54, 1.807) is 0 Å². The first-order chi connectivity index (χ1) is 8.63. The van der Waals surface area contributed by atoms with Crippen LogP contribution in [0.25, 0.3) is 0 Å². The molecule has 1 aliphatic rings. The molecule has 0 radical (unpaired) electrons. The highest BCUT2D eigenvalue weighted by atomic mass is 16.4. The van der Waals surface area contributed by atoms with Gasteiger partial charge >= 0.3 is 5.97 Å². The van der Waals surface area contributed by atoms with Crippen LogP contribution in [0.15, 0.2) is 0 Å². The van der Waals surface area contributed by atoms with Gasteiger partial charge in [0.15, 0.2) is 0 Å². The molecule has 0 spiro atoms. The van der Waals surface area contributed by atoms with Crippen molar-refractivity contribution in [3.63, 3.8) is 0 Å². The summed E-state index contributed by atoms with van der Waals surface area (Å²) in [5.74, 6) is -0.640. The van der Waals surface area contributed by atoms with Crippen LogP contribution in [0.3, 0.4) is 0 Å². The zero-order valence-electron chi connectivity index (χ0n) is 10.8. The maximum atomic E-state index is 11.9. The molecule has 6 heteroatoms.